The maximum atomic E-state index is 10.0. The lowest BCUT2D eigenvalue weighted by atomic mass is 9.90. The second-order valence-corrected chi connectivity index (χ2v) is 5.39. The van der Waals surface area contributed by atoms with E-state index in [1.54, 1.807) is 6.08 Å². The predicted octanol–water partition coefficient (Wildman–Crippen LogP) is 4.47. The van der Waals surface area contributed by atoms with Gasteiger partial charge in [-0.15, -0.1) is 0 Å². The summed E-state index contributed by atoms with van der Waals surface area (Å²) in [6.45, 7) is 5.87. The third-order valence-corrected chi connectivity index (χ3v) is 3.78. The summed E-state index contributed by atoms with van der Waals surface area (Å²) in [7, 11) is 0. The van der Waals surface area contributed by atoms with E-state index in [0.29, 0.717) is 5.16 Å². The molecule has 0 aromatic heterocycles. The molecule has 1 aromatic rings. The molecule has 1 N–H and O–H groups in total. The van der Waals surface area contributed by atoms with E-state index in [0.717, 1.165) is 46.4 Å². The normalized spacial score (nSPS) is 18.3. The van der Waals surface area contributed by atoms with Gasteiger partial charge in [-0.2, -0.15) is 0 Å². The number of hydrogen-bond donors (Lipinski definition) is 1. The van der Waals surface area contributed by atoms with E-state index < -0.39 is 0 Å². The van der Waals surface area contributed by atoms with E-state index in [1.165, 1.54) is 0 Å². The number of aliphatic hydroxyl groups excluding tert-OH is 1. The highest BCUT2D eigenvalue weighted by Gasteiger charge is 2.19. The largest absolute Gasteiger partial charge is 0.507 e. The molecular formula is C16H14ClNO. The second-order valence-electron chi connectivity index (χ2n) is 5.03. The lowest BCUT2D eigenvalue weighted by Crippen LogP contribution is -2.02. The van der Waals surface area contributed by atoms with Crippen molar-refractivity contribution < 1.29 is 5.11 Å². The monoisotopic (exact) mass is 271 g/mol. The summed E-state index contributed by atoms with van der Waals surface area (Å²) >= 11 is 6.15. The number of rotatable bonds is 1. The predicted molar refractivity (Wildman–Crippen MR) is 80.4 cm³/mol. The molecule has 0 unspecified atom stereocenters. The van der Waals surface area contributed by atoms with Crippen LogP contribution in [0.4, 0.5) is 0 Å². The summed E-state index contributed by atoms with van der Waals surface area (Å²) in [6, 6.07) is 6.06. The Morgan fingerprint density at radius 2 is 2.11 bits per heavy atom. The Morgan fingerprint density at radius 3 is 2.79 bits per heavy atom. The molecular weight excluding hydrogens is 258 g/mol. The van der Waals surface area contributed by atoms with Gasteiger partial charge in [-0.3, -0.25) is 0 Å². The summed E-state index contributed by atoms with van der Waals surface area (Å²) in [5, 5.41) is 10.6. The SMILES string of the molecule is C=C1C=C(O)c2cc(C3=C(Cl)N=C(C)C3)ccc2C1. The Labute approximate surface area is 117 Å². The van der Waals surface area contributed by atoms with E-state index >= 15 is 0 Å². The number of nitrogens with zero attached hydrogens (tertiary/aromatic N) is 1. The molecule has 1 aliphatic heterocycles. The molecule has 19 heavy (non-hydrogen) atoms. The fourth-order valence-corrected chi connectivity index (χ4v) is 2.87. The van der Waals surface area contributed by atoms with Crippen LogP contribution >= 0.6 is 11.6 Å². The number of aliphatic hydroxyl groups is 1. The fourth-order valence-electron chi connectivity index (χ4n) is 2.55. The summed E-state index contributed by atoms with van der Waals surface area (Å²) in [5.74, 6) is 0.278. The molecule has 3 rings (SSSR count). The smallest absolute Gasteiger partial charge is 0.133 e. The van der Waals surface area contributed by atoms with Gasteiger partial charge in [0, 0.05) is 23.3 Å². The van der Waals surface area contributed by atoms with Crippen LogP contribution in [0.2, 0.25) is 0 Å². The first-order chi connectivity index (χ1) is 9.04. The zero-order valence-electron chi connectivity index (χ0n) is 10.7. The van der Waals surface area contributed by atoms with E-state index in [1.807, 2.05) is 25.1 Å². The molecule has 0 atom stereocenters. The van der Waals surface area contributed by atoms with E-state index in [2.05, 4.69) is 11.6 Å². The minimum absolute atomic E-state index is 0.278. The van der Waals surface area contributed by atoms with Crippen LogP contribution in [0.5, 0.6) is 0 Å². The van der Waals surface area contributed by atoms with Crippen molar-refractivity contribution in [2.75, 3.05) is 0 Å². The van der Waals surface area contributed by atoms with Gasteiger partial charge in [0.15, 0.2) is 0 Å². The lowest BCUT2D eigenvalue weighted by Gasteiger charge is -2.17. The van der Waals surface area contributed by atoms with Gasteiger partial charge in [0.1, 0.15) is 10.9 Å². The standard InChI is InChI=1S/C16H14ClNO/c1-9-5-11-3-4-12(8-13(11)15(19)6-9)14-7-10(2)18-16(14)17/h3-4,6,8,19H,1,5,7H2,2H3. The van der Waals surface area contributed by atoms with Crippen molar-refractivity contribution in [1.29, 1.82) is 0 Å². The average Bonchev–Trinajstić information content (AvgIpc) is 2.68. The van der Waals surface area contributed by atoms with Gasteiger partial charge in [-0.25, -0.2) is 4.99 Å². The Hall–Kier alpha value is -1.80. The number of hydrogen-bond acceptors (Lipinski definition) is 2. The van der Waals surface area contributed by atoms with Crippen molar-refractivity contribution in [2.45, 2.75) is 19.8 Å². The quantitative estimate of drug-likeness (QED) is 0.751. The number of halogens is 1. The van der Waals surface area contributed by atoms with Crippen molar-refractivity contribution in [3.63, 3.8) is 0 Å². The maximum Gasteiger partial charge on any atom is 0.133 e. The van der Waals surface area contributed by atoms with Crippen LogP contribution in [-0.4, -0.2) is 10.8 Å². The minimum Gasteiger partial charge on any atom is -0.507 e. The second kappa shape index (κ2) is 4.39. The number of allylic oxidation sites excluding steroid dienone is 3. The average molecular weight is 272 g/mol. The molecule has 2 nitrogen and oxygen atoms in total. The van der Waals surface area contributed by atoms with Crippen molar-refractivity contribution in [2.24, 2.45) is 4.99 Å². The third kappa shape index (κ3) is 2.13. The maximum absolute atomic E-state index is 10.0. The van der Waals surface area contributed by atoms with Gasteiger partial charge in [0.05, 0.1) is 0 Å². The highest BCUT2D eigenvalue weighted by Crippen LogP contribution is 2.35. The summed E-state index contributed by atoms with van der Waals surface area (Å²) < 4.78 is 0. The Balaban J connectivity index is 2.06. The molecule has 3 heteroatoms. The van der Waals surface area contributed by atoms with Gasteiger partial charge in [-0.1, -0.05) is 30.3 Å². The first kappa shape index (κ1) is 12.2. The van der Waals surface area contributed by atoms with Crippen LogP contribution in [-0.2, 0) is 6.42 Å². The lowest BCUT2D eigenvalue weighted by molar-refractivity contribution is 0.509. The van der Waals surface area contributed by atoms with Crippen molar-refractivity contribution in [3.8, 4) is 0 Å². The van der Waals surface area contributed by atoms with Crippen LogP contribution in [0.1, 0.15) is 30.0 Å². The van der Waals surface area contributed by atoms with Crippen LogP contribution in [0.3, 0.4) is 0 Å². The van der Waals surface area contributed by atoms with E-state index in [4.69, 9.17) is 11.6 Å². The minimum atomic E-state index is 0.278. The molecule has 0 spiro atoms. The highest BCUT2D eigenvalue weighted by molar-refractivity contribution is 6.34. The van der Waals surface area contributed by atoms with E-state index in [-0.39, 0.29) is 5.76 Å². The summed E-state index contributed by atoms with van der Waals surface area (Å²) in [5.41, 5.74) is 5.96. The van der Waals surface area contributed by atoms with Gasteiger partial charge in [0.25, 0.3) is 0 Å². The molecule has 96 valence electrons. The first-order valence-electron chi connectivity index (χ1n) is 6.19. The van der Waals surface area contributed by atoms with Crippen molar-refractivity contribution >= 4 is 28.6 Å². The molecule has 0 saturated heterocycles. The van der Waals surface area contributed by atoms with Crippen LogP contribution in [0.15, 0.2) is 46.6 Å². The molecule has 1 aliphatic carbocycles. The molecule has 2 aliphatic rings. The third-order valence-electron chi connectivity index (χ3n) is 3.46. The van der Waals surface area contributed by atoms with Crippen LogP contribution < -0.4 is 0 Å². The zero-order valence-corrected chi connectivity index (χ0v) is 11.5. The molecule has 1 heterocycles. The Morgan fingerprint density at radius 1 is 1.32 bits per heavy atom. The topological polar surface area (TPSA) is 32.6 Å². The molecule has 0 amide bonds. The van der Waals surface area contributed by atoms with Crippen molar-refractivity contribution in [1.82, 2.24) is 0 Å². The van der Waals surface area contributed by atoms with Gasteiger partial charge in [-0.05, 0) is 42.2 Å². The molecule has 0 bridgehead atoms. The Kier molecular flexibility index (Phi) is 2.83. The van der Waals surface area contributed by atoms with Gasteiger partial charge < -0.3 is 5.11 Å². The number of fused-ring (bicyclic) bond motifs is 1. The summed E-state index contributed by atoms with van der Waals surface area (Å²) in [6.07, 6.45) is 3.27. The number of aliphatic imine (C=N–C) groups is 1. The zero-order chi connectivity index (χ0) is 13.6. The van der Waals surface area contributed by atoms with E-state index in [9.17, 15) is 5.11 Å². The highest BCUT2D eigenvalue weighted by atomic mass is 35.5. The van der Waals surface area contributed by atoms with Gasteiger partial charge >= 0.3 is 0 Å². The Bertz CT molecular complexity index is 680. The van der Waals surface area contributed by atoms with Crippen molar-refractivity contribution in [3.05, 3.63) is 58.3 Å². The summed E-state index contributed by atoms with van der Waals surface area (Å²) in [4.78, 5) is 4.26. The number of benzene rings is 1. The molecule has 1 aromatic carbocycles. The molecule has 0 fully saturated rings. The molecule has 0 saturated carbocycles. The first-order valence-corrected chi connectivity index (χ1v) is 6.57. The fraction of sp³-hybridized carbons (Fsp3) is 0.188. The van der Waals surface area contributed by atoms with Crippen LogP contribution in [0, 0.1) is 0 Å². The van der Waals surface area contributed by atoms with Crippen LogP contribution in [0.25, 0.3) is 11.3 Å². The molecule has 0 radical (unpaired) electrons. The van der Waals surface area contributed by atoms with Gasteiger partial charge in [0.2, 0.25) is 0 Å².